The summed E-state index contributed by atoms with van der Waals surface area (Å²) in [5, 5.41) is 3.02. The van der Waals surface area contributed by atoms with Crippen molar-refractivity contribution in [1.29, 1.82) is 0 Å². The number of nitrogens with zero attached hydrogens (tertiary/aromatic N) is 2. The molecule has 5 aromatic carbocycles. The molecule has 50 heavy (non-hydrogen) atoms. The predicted octanol–water partition coefficient (Wildman–Crippen LogP) is 7.39. The quantitative estimate of drug-likeness (QED) is 0.124. The van der Waals surface area contributed by atoms with Gasteiger partial charge in [0.05, 0.1) is 10.6 Å². The van der Waals surface area contributed by atoms with Crippen LogP contribution in [0.15, 0.2) is 144 Å². The molecule has 2 amide bonds. The Morgan fingerprint density at radius 2 is 1.30 bits per heavy atom. The van der Waals surface area contributed by atoms with E-state index in [9.17, 15) is 18.0 Å². The second kappa shape index (κ2) is 16.8. The first-order chi connectivity index (χ1) is 24.1. The third-order valence-corrected chi connectivity index (χ3v) is 9.89. The van der Waals surface area contributed by atoms with E-state index in [2.05, 4.69) is 5.32 Å². The van der Waals surface area contributed by atoms with Crippen LogP contribution >= 0.6 is 0 Å². The van der Waals surface area contributed by atoms with Gasteiger partial charge in [0, 0.05) is 19.5 Å². The van der Waals surface area contributed by atoms with Crippen molar-refractivity contribution >= 4 is 27.5 Å². The van der Waals surface area contributed by atoms with Crippen molar-refractivity contribution in [2.75, 3.05) is 17.4 Å². The Labute approximate surface area is 295 Å². The van der Waals surface area contributed by atoms with Gasteiger partial charge in [0.2, 0.25) is 11.8 Å². The Hall–Kier alpha value is -5.41. The zero-order valence-corrected chi connectivity index (χ0v) is 29.4. The summed E-state index contributed by atoms with van der Waals surface area (Å²) in [6.45, 7) is 5.98. The molecule has 1 N–H and O–H groups in total. The van der Waals surface area contributed by atoms with Crippen LogP contribution in [0.3, 0.4) is 0 Å². The van der Waals surface area contributed by atoms with Crippen molar-refractivity contribution in [2.45, 2.75) is 44.7 Å². The van der Waals surface area contributed by atoms with Gasteiger partial charge in [-0.1, -0.05) is 110 Å². The third kappa shape index (κ3) is 9.60. The molecule has 0 bridgehead atoms. The number of amides is 2. The number of carbonyl (C=O) groups excluding carboxylic acids is 2. The largest absolute Gasteiger partial charge is 0.457 e. The Bertz CT molecular complexity index is 1950. The maximum absolute atomic E-state index is 14.7. The minimum atomic E-state index is -4.22. The fraction of sp³-hybridized carbons (Fsp3) is 0.220. The molecule has 0 spiro atoms. The number of anilines is 1. The lowest BCUT2D eigenvalue weighted by molar-refractivity contribution is -0.140. The standard InChI is InChI=1S/C41H43N3O5S/c1-31(2)28-42-41(46)39(27-33-15-7-4-8-16-33)43(29-34-17-13-14-32(3)26-34)40(45)30-44(50(47,48)38-20-11-6-12-21-38)35-22-24-37(25-23-35)49-36-18-9-5-10-19-36/h4-26,31,39H,27-30H2,1-3H3,(H,42,46). The topological polar surface area (TPSA) is 96.0 Å². The molecule has 0 aliphatic heterocycles. The highest BCUT2D eigenvalue weighted by atomic mass is 32.2. The fourth-order valence-corrected chi connectivity index (χ4v) is 6.97. The maximum Gasteiger partial charge on any atom is 0.264 e. The lowest BCUT2D eigenvalue weighted by Gasteiger charge is -2.34. The number of ether oxygens (including phenoxy) is 1. The summed E-state index contributed by atoms with van der Waals surface area (Å²) in [4.78, 5) is 30.2. The van der Waals surface area contributed by atoms with Crippen LogP contribution in [-0.4, -0.2) is 44.3 Å². The molecule has 8 nitrogen and oxygen atoms in total. The summed E-state index contributed by atoms with van der Waals surface area (Å²) in [7, 11) is -4.22. The number of carbonyl (C=O) groups is 2. The first-order valence-corrected chi connectivity index (χ1v) is 18.1. The molecule has 1 atom stereocenters. The highest BCUT2D eigenvalue weighted by molar-refractivity contribution is 7.92. The van der Waals surface area contributed by atoms with E-state index in [0.717, 1.165) is 21.0 Å². The monoisotopic (exact) mass is 689 g/mol. The molecule has 1 unspecified atom stereocenters. The molecule has 0 aliphatic rings. The number of aryl methyl sites for hydroxylation is 1. The van der Waals surface area contributed by atoms with E-state index in [1.165, 1.54) is 17.0 Å². The number of rotatable bonds is 15. The Morgan fingerprint density at radius 3 is 1.92 bits per heavy atom. The molecule has 0 fully saturated rings. The molecule has 9 heteroatoms. The number of hydrogen-bond acceptors (Lipinski definition) is 5. The van der Waals surface area contributed by atoms with Crippen molar-refractivity contribution in [3.05, 3.63) is 156 Å². The SMILES string of the molecule is Cc1cccc(CN(C(=O)CN(c2ccc(Oc3ccccc3)cc2)S(=O)(=O)c2ccccc2)C(Cc2ccccc2)C(=O)NCC(C)C)c1. The summed E-state index contributed by atoms with van der Waals surface area (Å²) < 4.78 is 35.6. The van der Waals surface area contributed by atoms with Gasteiger partial charge in [-0.15, -0.1) is 0 Å². The summed E-state index contributed by atoms with van der Waals surface area (Å²) in [5.74, 6) is 0.516. The van der Waals surface area contributed by atoms with Crippen LogP contribution in [0.5, 0.6) is 11.5 Å². The van der Waals surface area contributed by atoms with E-state index in [0.29, 0.717) is 18.0 Å². The van der Waals surface area contributed by atoms with Gasteiger partial charge in [-0.2, -0.15) is 0 Å². The number of nitrogens with one attached hydrogen (secondary N) is 1. The first kappa shape index (κ1) is 35.9. The smallest absolute Gasteiger partial charge is 0.264 e. The Kier molecular flexibility index (Phi) is 12.1. The number of benzene rings is 5. The Morgan fingerprint density at radius 1 is 0.720 bits per heavy atom. The van der Waals surface area contributed by atoms with Crippen LogP contribution in [0.2, 0.25) is 0 Å². The van der Waals surface area contributed by atoms with Crippen molar-refractivity contribution in [3.63, 3.8) is 0 Å². The molecule has 0 saturated heterocycles. The normalized spacial score (nSPS) is 11.8. The van der Waals surface area contributed by atoms with E-state index < -0.39 is 28.5 Å². The lowest BCUT2D eigenvalue weighted by Crippen LogP contribution is -2.53. The highest BCUT2D eigenvalue weighted by Gasteiger charge is 2.34. The first-order valence-electron chi connectivity index (χ1n) is 16.7. The van der Waals surface area contributed by atoms with E-state index in [1.807, 2.05) is 106 Å². The molecular weight excluding hydrogens is 647 g/mol. The average Bonchev–Trinajstić information content (AvgIpc) is 3.12. The van der Waals surface area contributed by atoms with E-state index in [4.69, 9.17) is 4.74 Å². The van der Waals surface area contributed by atoms with Crippen molar-refractivity contribution in [2.24, 2.45) is 5.92 Å². The van der Waals surface area contributed by atoms with E-state index >= 15 is 0 Å². The number of para-hydroxylation sites is 1. The van der Waals surface area contributed by atoms with Gasteiger partial charge in [-0.25, -0.2) is 8.42 Å². The summed E-state index contributed by atoms with van der Waals surface area (Å²) in [6.07, 6.45) is 0.249. The van der Waals surface area contributed by atoms with Crippen LogP contribution in [0.25, 0.3) is 0 Å². The second-order valence-corrected chi connectivity index (χ2v) is 14.5. The van der Waals surface area contributed by atoms with Crippen molar-refractivity contribution in [3.8, 4) is 11.5 Å². The summed E-state index contributed by atoms with van der Waals surface area (Å²) in [5.41, 5.74) is 2.99. The summed E-state index contributed by atoms with van der Waals surface area (Å²) in [6, 6.07) is 40.2. The van der Waals surface area contributed by atoms with Crippen LogP contribution in [0.1, 0.15) is 30.5 Å². The van der Waals surface area contributed by atoms with Crippen LogP contribution in [0, 0.1) is 12.8 Å². The minimum absolute atomic E-state index is 0.0400. The van der Waals surface area contributed by atoms with Crippen molar-refractivity contribution in [1.82, 2.24) is 10.2 Å². The molecule has 0 saturated carbocycles. The minimum Gasteiger partial charge on any atom is -0.457 e. The van der Waals surface area contributed by atoms with Gasteiger partial charge in [-0.05, 0) is 72.5 Å². The molecule has 5 rings (SSSR count). The maximum atomic E-state index is 14.7. The van der Waals surface area contributed by atoms with Crippen LogP contribution in [0.4, 0.5) is 5.69 Å². The second-order valence-electron chi connectivity index (χ2n) is 12.6. The fourth-order valence-electron chi connectivity index (χ4n) is 5.54. The van der Waals surface area contributed by atoms with Gasteiger partial charge in [-0.3, -0.25) is 13.9 Å². The van der Waals surface area contributed by atoms with Gasteiger partial charge in [0.15, 0.2) is 0 Å². The van der Waals surface area contributed by atoms with E-state index in [1.54, 1.807) is 42.5 Å². The third-order valence-electron chi connectivity index (χ3n) is 8.10. The molecular formula is C41H43N3O5S. The molecule has 0 radical (unpaired) electrons. The average molecular weight is 690 g/mol. The Balaban J connectivity index is 1.54. The molecule has 5 aromatic rings. The molecule has 0 aromatic heterocycles. The van der Waals surface area contributed by atoms with Gasteiger partial charge < -0.3 is 15.0 Å². The van der Waals surface area contributed by atoms with E-state index in [-0.39, 0.29) is 35.4 Å². The number of sulfonamides is 1. The van der Waals surface area contributed by atoms with Crippen LogP contribution < -0.4 is 14.4 Å². The van der Waals surface area contributed by atoms with Crippen LogP contribution in [-0.2, 0) is 32.6 Å². The molecule has 258 valence electrons. The molecule has 0 heterocycles. The van der Waals surface area contributed by atoms with Gasteiger partial charge in [0.1, 0.15) is 24.1 Å². The highest BCUT2D eigenvalue weighted by Crippen LogP contribution is 2.29. The summed E-state index contributed by atoms with van der Waals surface area (Å²) >= 11 is 0. The van der Waals surface area contributed by atoms with Gasteiger partial charge in [0.25, 0.3) is 10.0 Å². The lowest BCUT2D eigenvalue weighted by atomic mass is 10.0. The molecule has 0 aliphatic carbocycles. The zero-order chi connectivity index (χ0) is 35.5. The predicted molar refractivity (Wildman–Crippen MR) is 197 cm³/mol. The zero-order valence-electron chi connectivity index (χ0n) is 28.6. The number of hydrogen-bond donors (Lipinski definition) is 1. The van der Waals surface area contributed by atoms with Gasteiger partial charge >= 0.3 is 0 Å². The van der Waals surface area contributed by atoms with Crippen molar-refractivity contribution < 1.29 is 22.7 Å².